The molecular formula is C14H12FN3O5. The fourth-order valence-corrected chi connectivity index (χ4v) is 2.02. The number of nitro groups is 2. The Labute approximate surface area is 129 Å². The molecule has 0 bridgehead atoms. The van der Waals surface area contributed by atoms with Gasteiger partial charge in [0.2, 0.25) is 0 Å². The summed E-state index contributed by atoms with van der Waals surface area (Å²) in [5.41, 5.74) is -0.0454. The number of nitro benzene ring substituents is 2. The monoisotopic (exact) mass is 321 g/mol. The van der Waals surface area contributed by atoms with Gasteiger partial charge in [0, 0.05) is 36.4 Å². The van der Waals surface area contributed by atoms with E-state index < -0.39 is 15.7 Å². The minimum Gasteiger partial charge on any atom is -0.496 e. The van der Waals surface area contributed by atoms with Gasteiger partial charge in [-0.15, -0.1) is 0 Å². The van der Waals surface area contributed by atoms with Crippen molar-refractivity contribution in [2.75, 3.05) is 12.4 Å². The van der Waals surface area contributed by atoms with Gasteiger partial charge in [0.05, 0.1) is 17.0 Å². The highest BCUT2D eigenvalue weighted by Crippen LogP contribution is 2.28. The number of halogens is 1. The van der Waals surface area contributed by atoms with Crippen LogP contribution in [0.1, 0.15) is 5.56 Å². The van der Waals surface area contributed by atoms with Gasteiger partial charge in [-0.25, -0.2) is 4.39 Å². The van der Waals surface area contributed by atoms with Crippen LogP contribution >= 0.6 is 0 Å². The molecule has 0 fully saturated rings. The summed E-state index contributed by atoms with van der Waals surface area (Å²) in [6.45, 7) is -0.00481. The van der Waals surface area contributed by atoms with Gasteiger partial charge in [0.25, 0.3) is 11.4 Å². The summed E-state index contributed by atoms with van der Waals surface area (Å²) in [5, 5.41) is 24.5. The zero-order valence-corrected chi connectivity index (χ0v) is 12.0. The molecule has 2 rings (SSSR count). The highest BCUT2D eigenvalue weighted by atomic mass is 19.1. The van der Waals surface area contributed by atoms with E-state index in [0.717, 1.165) is 18.2 Å². The van der Waals surface area contributed by atoms with Gasteiger partial charge in [-0.1, -0.05) is 0 Å². The van der Waals surface area contributed by atoms with E-state index in [9.17, 15) is 24.6 Å². The van der Waals surface area contributed by atoms with Gasteiger partial charge in [0.15, 0.2) is 0 Å². The lowest BCUT2D eigenvalue weighted by Gasteiger charge is -2.11. The van der Waals surface area contributed by atoms with Crippen LogP contribution in [0, 0.1) is 26.0 Å². The van der Waals surface area contributed by atoms with Crippen molar-refractivity contribution in [2.24, 2.45) is 0 Å². The van der Waals surface area contributed by atoms with Crippen LogP contribution in [0.5, 0.6) is 5.75 Å². The first-order chi connectivity index (χ1) is 10.9. The Kier molecular flexibility index (Phi) is 4.69. The molecule has 120 valence electrons. The van der Waals surface area contributed by atoms with Gasteiger partial charge < -0.3 is 10.1 Å². The van der Waals surface area contributed by atoms with Crippen molar-refractivity contribution in [1.82, 2.24) is 0 Å². The Hall–Kier alpha value is -3.23. The van der Waals surface area contributed by atoms with E-state index in [1.54, 1.807) is 0 Å². The first-order valence-corrected chi connectivity index (χ1v) is 6.41. The molecule has 0 atom stereocenters. The van der Waals surface area contributed by atoms with E-state index in [-0.39, 0.29) is 23.6 Å². The second-order valence-corrected chi connectivity index (χ2v) is 4.53. The van der Waals surface area contributed by atoms with Crippen molar-refractivity contribution < 1.29 is 19.0 Å². The number of methoxy groups -OCH3 is 1. The summed E-state index contributed by atoms with van der Waals surface area (Å²) in [4.78, 5) is 20.6. The van der Waals surface area contributed by atoms with Gasteiger partial charge in [-0.3, -0.25) is 20.2 Å². The van der Waals surface area contributed by atoms with Gasteiger partial charge in [-0.2, -0.15) is 0 Å². The number of benzene rings is 2. The highest BCUT2D eigenvalue weighted by molar-refractivity contribution is 5.62. The quantitative estimate of drug-likeness (QED) is 0.646. The predicted molar refractivity (Wildman–Crippen MR) is 80.0 cm³/mol. The Morgan fingerprint density at radius 2 is 1.87 bits per heavy atom. The summed E-state index contributed by atoms with van der Waals surface area (Å²) in [6, 6.07) is 7.01. The average molecular weight is 321 g/mol. The maximum absolute atomic E-state index is 13.3. The van der Waals surface area contributed by atoms with E-state index in [2.05, 4.69) is 5.32 Å². The molecule has 23 heavy (non-hydrogen) atoms. The number of nitrogens with one attached hydrogen (secondary N) is 1. The smallest absolute Gasteiger partial charge is 0.292 e. The summed E-state index contributed by atoms with van der Waals surface area (Å²) in [5.74, 6) is -0.258. The second-order valence-electron chi connectivity index (χ2n) is 4.53. The highest BCUT2D eigenvalue weighted by Gasteiger charge is 2.16. The van der Waals surface area contributed by atoms with Crippen LogP contribution < -0.4 is 10.1 Å². The van der Waals surface area contributed by atoms with Gasteiger partial charge in [0.1, 0.15) is 17.3 Å². The molecule has 0 amide bonds. The van der Waals surface area contributed by atoms with Crippen molar-refractivity contribution in [1.29, 1.82) is 0 Å². The summed E-state index contributed by atoms with van der Waals surface area (Å²) in [6.07, 6.45) is 0. The number of hydrogen-bond donors (Lipinski definition) is 1. The largest absolute Gasteiger partial charge is 0.496 e. The molecule has 2 aromatic carbocycles. The molecule has 2 aromatic rings. The number of nitrogens with zero attached hydrogens (tertiary/aromatic N) is 2. The van der Waals surface area contributed by atoms with Gasteiger partial charge in [-0.05, 0) is 12.1 Å². The summed E-state index contributed by atoms with van der Waals surface area (Å²) in [7, 11) is 1.40. The molecule has 0 saturated heterocycles. The van der Waals surface area contributed by atoms with Crippen molar-refractivity contribution in [3.05, 3.63) is 68.0 Å². The van der Waals surface area contributed by atoms with Crippen LogP contribution in [0.4, 0.5) is 21.5 Å². The molecule has 8 nitrogen and oxygen atoms in total. The van der Waals surface area contributed by atoms with Crippen molar-refractivity contribution in [3.8, 4) is 5.75 Å². The Bertz CT molecular complexity index is 766. The van der Waals surface area contributed by atoms with Crippen LogP contribution in [0.25, 0.3) is 0 Å². The standard InChI is InChI=1S/C14H12FN3O5/c1-23-14-5-3-11(17(19)20)6-9(14)8-16-12-7-10(15)2-4-13(12)18(21)22/h2-7,16H,8H2,1H3. The fraction of sp³-hybridized carbons (Fsp3) is 0.143. The molecule has 0 aromatic heterocycles. The number of non-ortho nitro benzene ring substituents is 1. The first-order valence-electron chi connectivity index (χ1n) is 6.41. The summed E-state index contributed by atoms with van der Waals surface area (Å²) >= 11 is 0. The Balaban J connectivity index is 2.30. The van der Waals surface area contributed by atoms with E-state index in [1.165, 1.54) is 25.3 Å². The minimum atomic E-state index is -0.646. The molecule has 0 radical (unpaired) electrons. The lowest BCUT2D eigenvalue weighted by atomic mass is 10.1. The molecule has 0 heterocycles. The first kappa shape index (κ1) is 16.1. The van der Waals surface area contributed by atoms with Crippen LogP contribution in [-0.4, -0.2) is 17.0 Å². The SMILES string of the molecule is COc1ccc([N+](=O)[O-])cc1CNc1cc(F)ccc1[N+](=O)[O-]. The molecule has 0 unspecified atom stereocenters. The van der Waals surface area contributed by atoms with Crippen LogP contribution in [0.3, 0.4) is 0 Å². The molecule has 0 aliphatic carbocycles. The third-order valence-corrected chi connectivity index (χ3v) is 3.10. The topological polar surface area (TPSA) is 108 Å². The zero-order valence-electron chi connectivity index (χ0n) is 12.0. The number of rotatable bonds is 6. The number of ether oxygens (including phenoxy) is 1. The Morgan fingerprint density at radius 1 is 1.13 bits per heavy atom. The van der Waals surface area contributed by atoms with E-state index in [4.69, 9.17) is 4.74 Å². The predicted octanol–water partition coefficient (Wildman–Crippen LogP) is 3.26. The van der Waals surface area contributed by atoms with Crippen molar-refractivity contribution in [2.45, 2.75) is 6.54 Å². The summed E-state index contributed by atoms with van der Waals surface area (Å²) < 4.78 is 18.4. The lowest BCUT2D eigenvalue weighted by Crippen LogP contribution is -2.05. The van der Waals surface area contributed by atoms with E-state index >= 15 is 0 Å². The molecule has 0 aliphatic heterocycles. The Morgan fingerprint density at radius 3 is 2.48 bits per heavy atom. The number of hydrogen-bond acceptors (Lipinski definition) is 6. The van der Waals surface area contributed by atoms with Crippen LogP contribution in [-0.2, 0) is 6.54 Å². The van der Waals surface area contributed by atoms with E-state index in [0.29, 0.717) is 11.3 Å². The van der Waals surface area contributed by atoms with Crippen LogP contribution in [0.2, 0.25) is 0 Å². The fourth-order valence-electron chi connectivity index (χ4n) is 2.02. The van der Waals surface area contributed by atoms with E-state index in [1.807, 2.05) is 0 Å². The van der Waals surface area contributed by atoms with Crippen LogP contribution in [0.15, 0.2) is 36.4 Å². The average Bonchev–Trinajstić information content (AvgIpc) is 2.52. The third-order valence-electron chi connectivity index (χ3n) is 3.10. The molecular weight excluding hydrogens is 309 g/mol. The molecule has 0 aliphatic rings. The maximum atomic E-state index is 13.3. The number of anilines is 1. The second kappa shape index (κ2) is 6.69. The zero-order chi connectivity index (χ0) is 17.0. The molecule has 1 N–H and O–H groups in total. The molecule has 9 heteroatoms. The van der Waals surface area contributed by atoms with Crippen molar-refractivity contribution in [3.63, 3.8) is 0 Å². The lowest BCUT2D eigenvalue weighted by molar-refractivity contribution is -0.384. The van der Waals surface area contributed by atoms with Crippen molar-refractivity contribution >= 4 is 17.1 Å². The minimum absolute atomic E-state index is 0.00481. The molecule has 0 saturated carbocycles. The third kappa shape index (κ3) is 3.70. The normalized spacial score (nSPS) is 10.2. The maximum Gasteiger partial charge on any atom is 0.292 e. The van der Waals surface area contributed by atoms with Gasteiger partial charge >= 0.3 is 0 Å². The molecule has 0 spiro atoms.